The molecular weight excluding hydrogens is 647 g/mol. The highest BCUT2D eigenvalue weighted by Gasteiger charge is 2.21. The second-order valence-corrected chi connectivity index (χ2v) is 13.1. The van der Waals surface area contributed by atoms with Crippen molar-refractivity contribution in [2.24, 2.45) is 0 Å². The van der Waals surface area contributed by atoms with Gasteiger partial charge in [0.25, 0.3) is 0 Å². The molecule has 10 aromatic rings. The van der Waals surface area contributed by atoms with Gasteiger partial charge < -0.3 is 0 Å². The molecule has 0 fully saturated rings. The molecule has 0 amide bonds. The van der Waals surface area contributed by atoms with E-state index < -0.39 is 0 Å². The molecule has 0 saturated heterocycles. The summed E-state index contributed by atoms with van der Waals surface area (Å²) >= 11 is 0. The van der Waals surface area contributed by atoms with Gasteiger partial charge in [-0.05, 0) is 41.8 Å². The van der Waals surface area contributed by atoms with E-state index in [1.807, 2.05) is 48.5 Å². The van der Waals surface area contributed by atoms with E-state index in [4.69, 9.17) is 19.9 Å². The van der Waals surface area contributed by atoms with E-state index in [0.29, 0.717) is 5.82 Å². The van der Waals surface area contributed by atoms with Crippen LogP contribution in [-0.2, 0) is 0 Å². The maximum atomic E-state index is 5.45. The van der Waals surface area contributed by atoms with Crippen LogP contribution in [-0.4, -0.2) is 24.5 Å². The number of rotatable bonds is 6. The van der Waals surface area contributed by atoms with Gasteiger partial charge in [-0.15, -0.1) is 0 Å². The molecule has 0 N–H and O–H groups in total. The summed E-state index contributed by atoms with van der Waals surface area (Å²) in [6.07, 6.45) is 0. The van der Waals surface area contributed by atoms with E-state index in [-0.39, 0.29) is 0 Å². The smallest absolute Gasteiger partial charge is 0.160 e. The lowest BCUT2D eigenvalue weighted by atomic mass is 9.97. The molecule has 0 spiro atoms. The van der Waals surface area contributed by atoms with E-state index >= 15 is 0 Å². The molecule has 0 radical (unpaired) electrons. The molecule has 0 aliphatic rings. The molecule has 5 heteroatoms. The lowest BCUT2D eigenvalue weighted by molar-refractivity contribution is 1.10. The van der Waals surface area contributed by atoms with Gasteiger partial charge in [0.1, 0.15) is 5.82 Å². The number of hydrogen-bond donors (Lipinski definition) is 0. The summed E-state index contributed by atoms with van der Waals surface area (Å²) in [7, 11) is 0. The number of aromatic nitrogens is 5. The molecule has 3 heterocycles. The number of nitrogens with zero attached hydrogens (tertiary/aromatic N) is 5. The van der Waals surface area contributed by atoms with Crippen molar-refractivity contribution in [3.8, 4) is 62.2 Å². The molecule has 7 aromatic carbocycles. The van der Waals surface area contributed by atoms with Crippen molar-refractivity contribution < 1.29 is 0 Å². The van der Waals surface area contributed by atoms with E-state index in [1.165, 1.54) is 0 Å². The first-order valence-corrected chi connectivity index (χ1v) is 17.7. The van der Waals surface area contributed by atoms with E-state index in [1.54, 1.807) is 0 Å². The highest BCUT2D eigenvalue weighted by molar-refractivity contribution is 6.20. The number of para-hydroxylation sites is 2. The fourth-order valence-corrected chi connectivity index (χ4v) is 7.31. The third-order valence-corrected chi connectivity index (χ3v) is 9.80. The van der Waals surface area contributed by atoms with Crippen molar-refractivity contribution in [3.05, 3.63) is 188 Å². The minimum atomic E-state index is 0.684. The van der Waals surface area contributed by atoms with Crippen LogP contribution < -0.4 is 0 Å². The highest BCUT2D eigenvalue weighted by Crippen LogP contribution is 2.40. The number of fused-ring (bicyclic) bond motifs is 5. The van der Waals surface area contributed by atoms with Gasteiger partial charge in [-0.3, -0.25) is 4.57 Å². The molecule has 0 atom stereocenters. The first-order valence-electron chi connectivity index (χ1n) is 17.7. The van der Waals surface area contributed by atoms with Crippen molar-refractivity contribution >= 4 is 32.7 Å². The van der Waals surface area contributed by atoms with E-state index in [9.17, 15) is 0 Å². The van der Waals surface area contributed by atoms with Gasteiger partial charge in [0, 0.05) is 44.3 Å². The van der Waals surface area contributed by atoms with Crippen LogP contribution in [0.15, 0.2) is 188 Å². The van der Waals surface area contributed by atoms with Crippen LogP contribution >= 0.6 is 0 Å². The number of benzene rings is 7. The molecule has 0 aliphatic carbocycles. The van der Waals surface area contributed by atoms with Crippen LogP contribution in [0.2, 0.25) is 0 Å². The number of hydrogen-bond acceptors (Lipinski definition) is 4. The predicted molar refractivity (Wildman–Crippen MR) is 217 cm³/mol. The Labute approximate surface area is 306 Å². The van der Waals surface area contributed by atoms with Crippen molar-refractivity contribution in [1.82, 2.24) is 24.5 Å². The Bertz CT molecular complexity index is 2860. The SMILES string of the molecule is c1ccc(-c2cc(-c3cccc(-c4nc5ccccc5c5ccc6c(nc(-c7ccccc7)n6-c6ccccc6)c45)c3)nc(-c3ccccc3)n2)cc1. The Morgan fingerprint density at radius 3 is 1.70 bits per heavy atom. The summed E-state index contributed by atoms with van der Waals surface area (Å²) in [6.45, 7) is 0. The monoisotopic (exact) mass is 677 g/mol. The van der Waals surface area contributed by atoms with Crippen molar-refractivity contribution in [2.75, 3.05) is 0 Å². The molecule has 53 heavy (non-hydrogen) atoms. The highest BCUT2D eigenvalue weighted by atomic mass is 15.1. The van der Waals surface area contributed by atoms with E-state index in [0.717, 1.165) is 89.1 Å². The summed E-state index contributed by atoms with van der Waals surface area (Å²) in [4.78, 5) is 21.0. The first-order chi connectivity index (χ1) is 26.3. The van der Waals surface area contributed by atoms with Crippen molar-refractivity contribution in [1.29, 1.82) is 0 Å². The summed E-state index contributed by atoms with van der Waals surface area (Å²) < 4.78 is 2.26. The van der Waals surface area contributed by atoms with Crippen LogP contribution in [0.4, 0.5) is 0 Å². The largest absolute Gasteiger partial charge is 0.292 e. The van der Waals surface area contributed by atoms with Gasteiger partial charge in [-0.2, -0.15) is 0 Å². The summed E-state index contributed by atoms with van der Waals surface area (Å²) in [5.74, 6) is 1.57. The summed E-state index contributed by atoms with van der Waals surface area (Å²) in [5, 5.41) is 3.22. The normalized spacial score (nSPS) is 11.4. The lowest BCUT2D eigenvalue weighted by Crippen LogP contribution is -1.97. The molecule has 10 rings (SSSR count). The zero-order valence-electron chi connectivity index (χ0n) is 28.6. The molecule has 248 valence electrons. The number of imidazole rings is 1. The third-order valence-electron chi connectivity index (χ3n) is 9.80. The minimum absolute atomic E-state index is 0.684. The Balaban J connectivity index is 1.24. The zero-order valence-corrected chi connectivity index (χ0v) is 28.6. The van der Waals surface area contributed by atoms with Crippen LogP contribution in [0.3, 0.4) is 0 Å². The average molecular weight is 678 g/mol. The fourth-order valence-electron chi connectivity index (χ4n) is 7.31. The molecule has 3 aromatic heterocycles. The quantitative estimate of drug-likeness (QED) is 0.164. The van der Waals surface area contributed by atoms with Crippen LogP contribution in [0.5, 0.6) is 0 Å². The second-order valence-electron chi connectivity index (χ2n) is 13.1. The predicted octanol–water partition coefficient (Wildman–Crippen LogP) is 11.9. The molecule has 0 saturated carbocycles. The van der Waals surface area contributed by atoms with E-state index in [2.05, 4.69) is 144 Å². The minimum Gasteiger partial charge on any atom is -0.292 e. The Hall–Kier alpha value is -7.24. The molecular formula is C48H31N5. The summed E-state index contributed by atoms with van der Waals surface area (Å²) in [6, 6.07) is 64.8. The molecule has 0 aliphatic heterocycles. The number of pyridine rings is 1. The first kappa shape index (κ1) is 30.6. The standard InChI is InChI=1S/C48H31N5/c1-5-16-32(17-6-1)41-31-42(51-47(50-41)33-18-7-2-8-19-33)35-22-15-23-36(30-35)45-44-39(38-26-13-14-27-40(38)49-45)28-29-43-46(44)52-48(34-20-9-3-10-21-34)53(43)37-24-11-4-12-25-37/h1-31H. The topological polar surface area (TPSA) is 56.5 Å². The van der Waals surface area contributed by atoms with Crippen LogP contribution in [0.1, 0.15) is 0 Å². The fraction of sp³-hybridized carbons (Fsp3) is 0. The van der Waals surface area contributed by atoms with Crippen LogP contribution in [0, 0.1) is 0 Å². The zero-order chi connectivity index (χ0) is 35.1. The molecule has 0 bridgehead atoms. The maximum Gasteiger partial charge on any atom is 0.160 e. The Kier molecular flexibility index (Phi) is 7.40. The van der Waals surface area contributed by atoms with Crippen molar-refractivity contribution in [3.63, 3.8) is 0 Å². The maximum absolute atomic E-state index is 5.45. The lowest BCUT2D eigenvalue weighted by Gasteiger charge is -2.13. The second kappa shape index (κ2) is 12.8. The Morgan fingerprint density at radius 1 is 0.377 bits per heavy atom. The molecule has 0 unspecified atom stereocenters. The summed E-state index contributed by atoms with van der Waals surface area (Å²) in [5.41, 5.74) is 11.5. The van der Waals surface area contributed by atoms with Crippen molar-refractivity contribution in [2.45, 2.75) is 0 Å². The average Bonchev–Trinajstić information content (AvgIpc) is 3.65. The van der Waals surface area contributed by atoms with Gasteiger partial charge in [-0.1, -0.05) is 152 Å². The van der Waals surface area contributed by atoms with Gasteiger partial charge in [-0.25, -0.2) is 19.9 Å². The van der Waals surface area contributed by atoms with Crippen LogP contribution in [0.25, 0.3) is 94.9 Å². The van der Waals surface area contributed by atoms with Gasteiger partial charge in [0.05, 0.1) is 33.6 Å². The van der Waals surface area contributed by atoms with Gasteiger partial charge in [0.15, 0.2) is 5.82 Å². The van der Waals surface area contributed by atoms with Gasteiger partial charge in [0.2, 0.25) is 0 Å². The Morgan fingerprint density at radius 2 is 0.962 bits per heavy atom. The van der Waals surface area contributed by atoms with Gasteiger partial charge >= 0.3 is 0 Å². The molecule has 5 nitrogen and oxygen atoms in total. The third kappa shape index (κ3) is 5.43.